The summed E-state index contributed by atoms with van der Waals surface area (Å²) in [6.07, 6.45) is 6.86. The number of guanidine groups is 1. The van der Waals surface area contributed by atoms with Crippen LogP contribution in [0.5, 0.6) is 0 Å². The fraction of sp³-hybridized carbons (Fsp3) is 0.933. The molecule has 1 saturated carbocycles. The van der Waals surface area contributed by atoms with Crippen molar-refractivity contribution >= 4 is 5.96 Å². The van der Waals surface area contributed by atoms with E-state index in [-0.39, 0.29) is 0 Å². The summed E-state index contributed by atoms with van der Waals surface area (Å²) < 4.78 is 5.05. The van der Waals surface area contributed by atoms with Crippen LogP contribution in [0.3, 0.4) is 0 Å². The minimum atomic E-state index is 0.538. The molecule has 1 aliphatic carbocycles. The number of likely N-dealkylation sites (tertiary alicyclic amines) is 1. The smallest absolute Gasteiger partial charge is 0.191 e. The van der Waals surface area contributed by atoms with Crippen LogP contribution in [0.4, 0.5) is 0 Å². The molecule has 2 N–H and O–H groups in total. The van der Waals surface area contributed by atoms with Gasteiger partial charge in [-0.3, -0.25) is 9.89 Å². The quantitative estimate of drug-likeness (QED) is 0.437. The van der Waals surface area contributed by atoms with Crippen LogP contribution in [-0.2, 0) is 4.74 Å². The molecule has 0 radical (unpaired) electrons. The lowest BCUT2D eigenvalue weighted by molar-refractivity contribution is 0.207. The summed E-state index contributed by atoms with van der Waals surface area (Å²) in [5, 5.41) is 6.89. The standard InChI is InChI=1S/C15H30N4O/c1-3-16-15(17-9-11-20-2)18-13-8-10-19(12-13)14-6-4-5-7-14/h13-14H,3-12H2,1-2H3,(H2,16,17,18). The van der Waals surface area contributed by atoms with Gasteiger partial charge in [-0.15, -0.1) is 0 Å². The Kier molecular flexibility index (Phi) is 6.60. The van der Waals surface area contributed by atoms with E-state index in [0.29, 0.717) is 19.2 Å². The third-order valence-corrected chi connectivity index (χ3v) is 4.31. The molecule has 1 heterocycles. The van der Waals surface area contributed by atoms with Gasteiger partial charge in [-0.1, -0.05) is 12.8 Å². The van der Waals surface area contributed by atoms with E-state index in [4.69, 9.17) is 4.74 Å². The molecule has 2 rings (SSSR count). The zero-order chi connectivity index (χ0) is 14.2. The van der Waals surface area contributed by atoms with Gasteiger partial charge in [-0.25, -0.2) is 0 Å². The minimum Gasteiger partial charge on any atom is -0.383 e. The molecule has 0 spiro atoms. The first-order chi connectivity index (χ1) is 9.83. The van der Waals surface area contributed by atoms with Crippen LogP contribution in [0.25, 0.3) is 0 Å². The van der Waals surface area contributed by atoms with E-state index >= 15 is 0 Å². The Morgan fingerprint density at radius 1 is 1.30 bits per heavy atom. The summed E-state index contributed by atoms with van der Waals surface area (Å²) in [4.78, 5) is 7.21. The Morgan fingerprint density at radius 3 is 2.80 bits per heavy atom. The second kappa shape index (κ2) is 8.47. The highest BCUT2D eigenvalue weighted by Gasteiger charge is 2.30. The van der Waals surface area contributed by atoms with E-state index in [0.717, 1.165) is 18.5 Å². The van der Waals surface area contributed by atoms with E-state index < -0.39 is 0 Å². The number of ether oxygens (including phenoxy) is 1. The molecule has 5 heteroatoms. The summed E-state index contributed by atoms with van der Waals surface area (Å²) >= 11 is 0. The summed E-state index contributed by atoms with van der Waals surface area (Å²) in [5.41, 5.74) is 0. The predicted octanol–water partition coefficient (Wildman–Crippen LogP) is 1.20. The number of nitrogens with zero attached hydrogens (tertiary/aromatic N) is 2. The topological polar surface area (TPSA) is 48.9 Å². The van der Waals surface area contributed by atoms with Crippen molar-refractivity contribution in [3.63, 3.8) is 0 Å². The predicted molar refractivity (Wildman–Crippen MR) is 83.2 cm³/mol. The van der Waals surface area contributed by atoms with Gasteiger partial charge in [-0.05, 0) is 26.2 Å². The first-order valence-electron chi connectivity index (χ1n) is 8.11. The fourth-order valence-electron chi connectivity index (χ4n) is 3.27. The van der Waals surface area contributed by atoms with Gasteiger partial charge >= 0.3 is 0 Å². The van der Waals surface area contributed by atoms with Crippen LogP contribution in [0.15, 0.2) is 4.99 Å². The molecule has 1 saturated heterocycles. The lowest BCUT2D eigenvalue weighted by atomic mass is 10.2. The Hall–Kier alpha value is -0.810. The minimum absolute atomic E-state index is 0.538. The lowest BCUT2D eigenvalue weighted by Crippen LogP contribution is -2.45. The van der Waals surface area contributed by atoms with Crippen LogP contribution in [0, 0.1) is 0 Å². The van der Waals surface area contributed by atoms with Crippen LogP contribution in [0.1, 0.15) is 39.0 Å². The Morgan fingerprint density at radius 2 is 2.10 bits per heavy atom. The van der Waals surface area contributed by atoms with Gasteiger partial charge in [0.15, 0.2) is 5.96 Å². The Balaban J connectivity index is 1.77. The zero-order valence-electron chi connectivity index (χ0n) is 13.0. The van der Waals surface area contributed by atoms with Crippen molar-refractivity contribution in [1.82, 2.24) is 15.5 Å². The van der Waals surface area contributed by atoms with Crippen LogP contribution in [0.2, 0.25) is 0 Å². The first-order valence-corrected chi connectivity index (χ1v) is 8.11. The first kappa shape index (κ1) is 15.6. The molecule has 1 aliphatic heterocycles. The molecule has 5 nitrogen and oxygen atoms in total. The molecular weight excluding hydrogens is 252 g/mol. The number of rotatable bonds is 6. The van der Waals surface area contributed by atoms with E-state index in [2.05, 4.69) is 27.4 Å². The molecule has 0 aromatic carbocycles. The van der Waals surface area contributed by atoms with Gasteiger partial charge in [0.25, 0.3) is 0 Å². The molecule has 116 valence electrons. The molecule has 0 aromatic rings. The molecule has 20 heavy (non-hydrogen) atoms. The summed E-state index contributed by atoms with van der Waals surface area (Å²) in [6.45, 7) is 6.80. The molecular formula is C15H30N4O. The number of hydrogen-bond donors (Lipinski definition) is 2. The summed E-state index contributed by atoms with van der Waals surface area (Å²) in [5.74, 6) is 0.933. The highest BCUT2D eigenvalue weighted by Crippen LogP contribution is 2.26. The van der Waals surface area contributed by atoms with Crippen molar-refractivity contribution < 1.29 is 4.74 Å². The number of aliphatic imine (C=N–C) groups is 1. The van der Waals surface area contributed by atoms with E-state index in [1.165, 1.54) is 45.2 Å². The fourth-order valence-corrected chi connectivity index (χ4v) is 3.27. The van der Waals surface area contributed by atoms with Crippen LogP contribution >= 0.6 is 0 Å². The third-order valence-electron chi connectivity index (χ3n) is 4.31. The second-order valence-corrected chi connectivity index (χ2v) is 5.82. The summed E-state index contributed by atoms with van der Waals surface area (Å²) in [7, 11) is 1.71. The molecule has 1 atom stereocenters. The largest absolute Gasteiger partial charge is 0.383 e. The van der Waals surface area contributed by atoms with Gasteiger partial charge in [-0.2, -0.15) is 0 Å². The van der Waals surface area contributed by atoms with Crippen molar-refractivity contribution in [2.24, 2.45) is 4.99 Å². The highest BCUT2D eigenvalue weighted by atomic mass is 16.5. The molecule has 1 unspecified atom stereocenters. The number of nitrogens with one attached hydrogen (secondary N) is 2. The van der Waals surface area contributed by atoms with Crippen molar-refractivity contribution in [1.29, 1.82) is 0 Å². The lowest BCUT2D eigenvalue weighted by Gasteiger charge is -2.24. The van der Waals surface area contributed by atoms with Crippen molar-refractivity contribution in [3.8, 4) is 0 Å². The van der Waals surface area contributed by atoms with E-state index in [1.54, 1.807) is 7.11 Å². The molecule has 0 amide bonds. The SMILES string of the molecule is CCNC(=NCCOC)NC1CCN(C2CCCC2)C1. The van der Waals surface area contributed by atoms with Crippen molar-refractivity contribution in [3.05, 3.63) is 0 Å². The zero-order valence-corrected chi connectivity index (χ0v) is 13.0. The van der Waals surface area contributed by atoms with E-state index in [9.17, 15) is 0 Å². The third kappa shape index (κ3) is 4.63. The van der Waals surface area contributed by atoms with Gasteiger partial charge in [0.05, 0.1) is 13.2 Å². The van der Waals surface area contributed by atoms with Gasteiger partial charge < -0.3 is 15.4 Å². The normalized spacial score (nSPS) is 25.3. The molecule has 0 bridgehead atoms. The number of methoxy groups -OCH3 is 1. The average molecular weight is 282 g/mol. The van der Waals surface area contributed by atoms with Gasteiger partial charge in [0.1, 0.15) is 0 Å². The maximum absolute atomic E-state index is 5.05. The molecule has 0 aromatic heterocycles. The Labute approximate surface area is 123 Å². The van der Waals surface area contributed by atoms with Crippen molar-refractivity contribution in [2.45, 2.75) is 51.1 Å². The van der Waals surface area contributed by atoms with Gasteiger partial charge in [0.2, 0.25) is 0 Å². The van der Waals surface area contributed by atoms with E-state index in [1.807, 2.05) is 0 Å². The monoisotopic (exact) mass is 282 g/mol. The number of hydrogen-bond acceptors (Lipinski definition) is 3. The maximum Gasteiger partial charge on any atom is 0.191 e. The summed E-state index contributed by atoms with van der Waals surface area (Å²) in [6, 6.07) is 1.38. The maximum atomic E-state index is 5.05. The highest BCUT2D eigenvalue weighted by molar-refractivity contribution is 5.80. The average Bonchev–Trinajstić information content (AvgIpc) is 3.09. The molecule has 2 aliphatic rings. The molecule has 2 fully saturated rings. The van der Waals surface area contributed by atoms with Gasteiger partial charge in [0, 0.05) is 38.8 Å². The van der Waals surface area contributed by atoms with Crippen molar-refractivity contribution in [2.75, 3.05) is 39.9 Å². The van der Waals surface area contributed by atoms with Crippen LogP contribution < -0.4 is 10.6 Å². The Bertz CT molecular complexity index is 302. The second-order valence-electron chi connectivity index (χ2n) is 5.82. The van der Waals surface area contributed by atoms with Crippen LogP contribution in [-0.4, -0.2) is 62.8 Å².